The summed E-state index contributed by atoms with van der Waals surface area (Å²) in [5.74, 6) is -0.290. The number of dihydropyridines is 1. The summed E-state index contributed by atoms with van der Waals surface area (Å²) in [4.78, 5) is 0. The van der Waals surface area contributed by atoms with Crippen molar-refractivity contribution in [1.29, 1.82) is 0 Å². The predicted molar refractivity (Wildman–Crippen MR) is 121 cm³/mol. The average molecular weight is 412 g/mol. The molecular formula is C24H27ClFN3. The van der Waals surface area contributed by atoms with Gasteiger partial charge in [-0.25, -0.2) is 4.39 Å². The summed E-state index contributed by atoms with van der Waals surface area (Å²) in [6, 6.07) is 12.4. The number of nitrogens with one attached hydrogen (secondary N) is 3. The van der Waals surface area contributed by atoms with Crippen LogP contribution in [0.1, 0.15) is 44.4 Å². The highest BCUT2D eigenvalue weighted by Crippen LogP contribution is 2.31. The molecule has 2 aromatic carbocycles. The second kappa shape index (κ2) is 9.19. The van der Waals surface area contributed by atoms with E-state index in [0.29, 0.717) is 10.7 Å². The lowest BCUT2D eigenvalue weighted by Gasteiger charge is -2.28. The smallest absolute Gasteiger partial charge is 0.124 e. The van der Waals surface area contributed by atoms with Gasteiger partial charge in [-0.1, -0.05) is 43.3 Å². The Morgan fingerprint density at radius 2 is 1.97 bits per heavy atom. The van der Waals surface area contributed by atoms with Gasteiger partial charge in [0.2, 0.25) is 0 Å². The van der Waals surface area contributed by atoms with Gasteiger partial charge in [0.25, 0.3) is 0 Å². The van der Waals surface area contributed by atoms with Crippen LogP contribution in [0.15, 0.2) is 72.1 Å². The van der Waals surface area contributed by atoms with Crippen molar-refractivity contribution in [3.05, 3.63) is 94.1 Å². The number of benzene rings is 2. The number of rotatable bonds is 7. The average Bonchev–Trinajstić information content (AvgIpc) is 2.70. The van der Waals surface area contributed by atoms with E-state index >= 15 is 0 Å². The van der Waals surface area contributed by atoms with Crippen LogP contribution in [0.5, 0.6) is 0 Å². The van der Waals surface area contributed by atoms with Crippen LogP contribution in [0.4, 0.5) is 10.1 Å². The quantitative estimate of drug-likeness (QED) is 0.494. The maximum absolute atomic E-state index is 13.9. The zero-order valence-electron chi connectivity index (χ0n) is 17.1. The highest BCUT2D eigenvalue weighted by Gasteiger charge is 2.21. The first kappa shape index (κ1) is 21.0. The maximum atomic E-state index is 13.9. The topological polar surface area (TPSA) is 36.1 Å². The molecule has 0 fully saturated rings. The molecule has 3 N–H and O–H groups in total. The Morgan fingerprint density at radius 3 is 2.69 bits per heavy atom. The van der Waals surface area contributed by atoms with Gasteiger partial charge in [-0.05, 0) is 61.7 Å². The van der Waals surface area contributed by atoms with Gasteiger partial charge < -0.3 is 16.0 Å². The molecule has 0 aliphatic carbocycles. The van der Waals surface area contributed by atoms with E-state index in [9.17, 15) is 4.39 Å². The molecule has 0 saturated carbocycles. The van der Waals surface area contributed by atoms with Crippen molar-refractivity contribution in [2.24, 2.45) is 0 Å². The Balaban J connectivity index is 1.90. The van der Waals surface area contributed by atoms with Crippen molar-refractivity contribution in [3.63, 3.8) is 0 Å². The van der Waals surface area contributed by atoms with E-state index in [2.05, 4.69) is 35.5 Å². The fraction of sp³-hybridized carbons (Fsp3) is 0.250. The Labute approximate surface area is 177 Å². The third kappa shape index (κ3) is 4.83. The zero-order valence-corrected chi connectivity index (χ0v) is 17.8. The molecule has 2 aromatic rings. The second-order valence-electron chi connectivity index (χ2n) is 7.19. The van der Waals surface area contributed by atoms with Gasteiger partial charge in [0.15, 0.2) is 0 Å². The van der Waals surface area contributed by atoms with Crippen molar-refractivity contribution < 1.29 is 4.39 Å². The fourth-order valence-corrected chi connectivity index (χ4v) is 3.57. The molecule has 0 radical (unpaired) electrons. The summed E-state index contributed by atoms with van der Waals surface area (Å²) in [7, 11) is 0. The standard InChI is InChI=1S/C24H27ClFN3/c1-5-12-27-22-11-10-18(26)13-20(22)17(4)29-23-14-24(28-16(3)15(23)2)19-8-6-7-9-21(19)25/h6-11,13-14,24,27-29H,4-5,12H2,1-3H3. The fourth-order valence-electron chi connectivity index (χ4n) is 3.32. The summed E-state index contributed by atoms with van der Waals surface area (Å²) in [5, 5.41) is 10.9. The molecule has 0 amide bonds. The summed E-state index contributed by atoms with van der Waals surface area (Å²) in [5.41, 5.74) is 6.29. The molecule has 0 spiro atoms. The van der Waals surface area contributed by atoms with Crippen molar-refractivity contribution >= 4 is 23.0 Å². The van der Waals surface area contributed by atoms with Crippen LogP contribution < -0.4 is 16.0 Å². The van der Waals surface area contributed by atoms with Crippen LogP contribution in [0.3, 0.4) is 0 Å². The number of allylic oxidation sites excluding steroid dienone is 2. The monoisotopic (exact) mass is 411 g/mol. The molecule has 0 aromatic heterocycles. The molecule has 1 atom stereocenters. The zero-order chi connectivity index (χ0) is 21.0. The maximum Gasteiger partial charge on any atom is 0.124 e. The third-order valence-electron chi connectivity index (χ3n) is 5.07. The molecule has 3 nitrogen and oxygen atoms in total. The van der Waals surface area contributed by atoms with Gasteiger partial charge in [0, 0.05) is 39.9 Å². The SMILES string of the molecule is C=C(NC1=CC(c2ccccc2Cl)NC(C)=C1C)c1cc(F)ccc1NCCC. The summed E-state index contributed by atoms with van der Waals surface area (Å²) in [6.07, 6.45) is 3.07. The van der Waals surface area contributed by atoms with E-state index in [4.69, 9.17) is 11.6 Å². The lowest BCUT2D eigenvalue weighted by atomic mass is 9.98. The van der Waals surface area contributed by atoms with Crippen LogP contribution in [-0.4, -0.2) is 6.54 Å². The molecule has 0 saturated heterocycles. The molecule has 152 valence electrons. The molecule has 1 unspecified atom stereocenters. The molecule has 3 rings (SSSR count). The lowest BCUT2D eigenvalue weighted by Crippen LogP contribution is -2.27. The summed E-state index contributed by atoms with van der Waals surface area (Å²) < 4.78 is 13.9. The van der Waals surface area contributed by atoms with Gasteiger partial charge in [0.05, 0.1) is 6.04 Å². The first-order chi connectivity index (χ1) is 13.9. The van der Waals surface area contributed by atoms with Crippen molar-refractivity contribution in [2.45, 2.75) is 33.2 Å². The Kier molecular flexibility index (Phi) is 6.65. The molecule has 1 aliphatic heterocycles. The van der Waals surface area contributed by atoms with E-state index in [1.165, 1.54) is 12.1 Å². The van der Waals surface area contributed by atoms with E-state index in [1.807, 2.05) is 38.1 Å². The summed E-state index contributed by atoms with van der Waals surface area (Å²) in [6.45, 7) is 11.2. The van der Waals surface area contributed by atoms with E-state index < -0.39 is 0 Å². The van der Waals surface area contributed by atoms with Crippen LogP contribution in [-0.2, 0) is 0 Å². The van der Waals surface area contributed by atoms with Crippen molar-refractivity contribution in [1.82, 2.24) is 10.6 Å². The highest BCUT2D eigenvalue weighted by atomic mass is 35.5. The Morgan fingerprint density at radius 1 is 1.21 bits per heavy atom. The van der Waals surface area contributed by atoms with Crippen molar-refractivity contribution in [2.75, 3.05) is 11.9 Å². The third-order valence-corrected chi connectivity index (χ3v) is 5.41. The number of anilines is 1. The number of hydrogen-bond donors (Lipinski definition) is 3. The first-order valence-electron chi connectivity index (χ1n) is 9.81. The Bertz CT molecular complexity index is 978. The molecular weight excluding hydrogens is 385 g/mol. The molecule has 1 heterocycles. The minimum absolute atomic E-state index is 0.0621. The lowest BCUT2D eigenvalue weighted by molar-refractivity contribution is 0.627. The van der Waals surface area contributed by atoms with Gasteiger partial charge in [-0.3, -0.25) is 0 Å². The summed E-state index contributed by atoms with van der Waals surface area (Å²) >= 11 is 6.40. The molecule has 29 heavy (non-hydrogen) atoms. The van der Waals surface area contributed by atoms with Gasteiger partial charge in [-0.15, -0.1) is 0 Å². The normalized spacial score (nSPS) is 16.2. The van der Waals surface area contributed by atoms with E-state index in [1.54, 1.807) is 6.07 Å². The number of halogens is 2. The van der Waals surface area contributed by atoms with Gasteiger partial charge >= 0.3 is 0 Å². The minimum Gasteiger partial charge on any atom is -0.385 e. The van der Waals surface area contributed by atoms with Crippen LogP contribution >= 0.6 is 11.6 Å². The Hall–Kier alpha value is -2.72. The molecule has 1 aliphatic rings. The van der Waals surface area contributed by atoms with E-state index in [-0.39, 0.29) is 11.9 Å². The van der Waals surface area contributed by atoms with Gasteiger partial charge in [-0.2, -0.15) is 0 Å². The second-order valence-corrected chi connectivity index (χ2v) is 7.60. The van der Waals surface area contributed by atoms with Crippen molar-refractivity contribution in [3.8, 4) is 0 Å². The van der Waals surface area contributed by atoms with Crippen LogP contribution in [0.2, 0.25) is 5.02 Å². The highest BCUT2D eigenvalue weighted by molar-refractivity contribution is 6.31. The largest absolute Gasteiger partial charge is 0.385 e. The van der Waals surface area contributed by atoms with Crippen LogP contribution in [0.25, 0.3) is 5.70 Å². The van der Waals surface area contributed by atoms with E-state index in [0.717, 1.165) is 46.7 Å². The van der Waals surface area contributed by atoms with Gasteiger partial charge in [0.1, 0.15) is 5.82 Å². The molecule has 5 heteroatoms. The number of hydrogen-bond acceptors (Lipinski definition) is 3. The molecule has 0 bridgehead atoms. The van der Waals surface area contributed by atoms with Crippen LogP contribution in [0, 0.1) is 5.82 Å². The minimum atomic E-state index is -0.290. The first-order valence-corrected chi connectivity index (χ1v) is 10.2. The predicted octanol–water partition coefficient (Wildman–Crippen LogP) is 6.38.